The van der Waals surface area contributed by atoms with Crippen molar-refractivity contribution in [1.82, 2.24) is 15.1 Å². The smallest absolute Gasteiger partial charge is 0.417 e. The molecule has 0 bridgehead atoms. The van der Waals surface area contributed by atoms with Crippen LogP contribution in [0.1, 0.15) is 141 Å². The second-order valence-electron chi connectivity index (χ2n) is 14.2. The number of aromatic nitrogens is 1. The molecule has 2 unspecified atom stereocenters. The number of hydrogen-bond acceptors (Lipinski definition) is 6. The lowest BCUT2D eigenvalue weighted by molar-refractivity contribution is -0.701. The van der Waals surface area contributed by atoms with E-state index in [2.05, 4.69) is 29.3 Å². The second kappa shape index (κ2) is 25.5. The van der Waals surface area contributed by atoms with E-state index in [4.69, 9.17) is 9.47 Å². The molecule has 1 saturated heterocycles. The summed E-state index contributed by atoms with van der Waals surface area (Å²) in [6.45, 7) is 8.25. The molecule has 1 aliphatic rings. The summed E-state index contributed by atoms with van der Waals surface area (Å²) in [4.78, 5) is 41.3. The number of unbranched alkanes of at least 4 members (excludes halogenated alkanes) is 15. The Balaban J connectivity index is 1.29. The molecule has 3 rings (SSSR count). The third-order valence-electron chi connectivity index (χ3n) is 10.1. The predicted molar refractivity (Wildman–Crippen MR) is 203 cm³/mol. The molecule has 0 spiro atoms. The summed E-state index contributed by atoms with van der Waals surface area (Å²) in [7, 11) is 0. The number of pyridine rings is 1. The summed E-state index contributed by atoms with van der Waals surface area (Å²) in [6, 6.07) is 15.8. The summed E-state index contributed by atoms with van der Waals surface area (Å²) in [5.41, 5.74) is 1.98. The van der Waals surface area contributed by atoms with Gasteiger partial charge >= 0.3 is 12.2 Å². The monoisotopic (exact) mass is 708 g/mol. The average molecular weight is 708 g/mol. The highest BCUT2D eigenvalue weighted by molar-refractivity contribution is 5.90. The molecule has 2 aromatic rings. The van der Waals surface area contributed by atoms with Crippen molar-refractivity contribution in [3.63, 3.8) is 0 Å². The molecule has 51 heavy (non-hydrogen) atoms. The number of nitrogens with zero attached hydrogens (tertiary/aromatic N) is 3. The lowest BCUT2D eigenvalue weighted by atomic mass is 9.93. The van der Waals surface area contributed by atoms with Crippen LogP contribution in [-0.2, 0) is 33.9 Å². The van der Waals surface area contributed by atoms with Crippen molar-refractivity contribution in [2.24, 2.45) is 0 Å². The van der Waals surface area contributed by atoms with Gasteiger partial charge in [-0.1, -0.05) is 140 Å². The molecule has 1 fully saturated rings. The minimum atomic E-state index is -0.651. The fourth-order valence-corrected chi connectivity index (χ4v) is 6.89. The van der Waals surface area contributed by atoms with Crippen LogP contribution in [0, 0.1) is 0 Å². The maximum absolute atomic E-state index is 13.1. The van der Waals surface area contributed by atoms with E-state index in [0.717, 1.165) is 42.0 Å². The van der Waals surface area contributed by atoms with Crippen LogP contribution in [-0.4, -0.2) is 59.7 Å². The number of imide groups is 1. The van der Waals surface area contributed by atoms with Gasteiger partial charge in [0.25, 0.3) is 0 Å². The molecule has 2 heterocycles. The SMILES string of the molecule is CCCCCCCCCCCCCCCCCCNC(=O)OCC1CC(COC(=O)N(Cc2cccc[n+]2CC)C(C)=O)N1Cc1ccccc1. The Bertz CT molecular complexity index is 1260. The zero-order valence-electron chi connectivity index (χ0n) is 32.0. The van der Waals surface area contributed by atoms with Crippen LogP contribution in [0.2, 0.25) is 0 Å². The molecule has 0 aliphatic carbocycles. The molecule has 0 radical (unpaired) electrons. The molecule has 1 N–H and O–H groups in total. The van der Waals surface area contributed by atoms with Gasteiger partial charge in [-0.3, -0.25) is 9.69 Å². The van der Waals surface area contributed by atoms with Crippen LogP contribution in [0.4, 0.5) is 9.59 Å². The quantitative estimate of drug-likeness (QED) is 0.0775. The average Bonchev–Trinajstić information content (AvgIpc) is 3.13. The number of likely N-dealkylation sites (tertiary alicyclic amines) is 1. The number of aryl methyl sites for hydroxylation is 1. The van der Waals surface area contributed by atoms with Crippen LogP contribution < -0.4 is 9.88 Å². The molecule has 0 saturated carbocycles. The maximum atomic E-state index is 13.1. The molecule has 3 amide bonds. The van der Waals surface area contributed by atoms with E-state index in [1.165, 1.54) is 96.8 Å². The summed E-state index contributed by atoms with van der Waals surface area (Å²) in [5, 5.41) is 2.91. The number of ether oxygens (including phenoxy) is 2. The van der Waals surface area contributed by atoms with Crippen molar-refractivity contribution in [3.05, 3.63) is 66.0 Å². The minimum Gasteiger partial charge on any atom is -0.448 e. The largest absolute Gasteiger partial charge is 0.448 e. The van der Waals surface area contributed by atoms with Gasteiger partial charge < -0.3 is 14.8 Å². The van der Waals surface area contributed by atoms with Crippen molar-refractivity contribution in [2.45, 2.75) is 162 Å². The van der Waals surface area contributed by atoms with Gasteiger partial charge in [0.15, 0.2) is 6.20 Å². The summed E-state index contributed by atoms with van der Waals surface area (Å²) in [5.74, 6) is -0.363. The zero-order chi connectivity index (χ0) is 36.5. The van der Waals surface area contributed by atoms with E-state index in [1.54, 1.807) is 0 Å². The third-order valence-corrected chi connectivity index (χ3v) is 10.1. The zero-order valence-corrected chi connectivity index (χ0v) is 32.0. The van der Waals surface area contributed by atoms with E-state index in [0.29, 0.717) is 13.1 Å². The molecule has 1 aliphatic heterocycles. The normalized spacial score (nSPS) is 15.6. The standard InChI is InChI=1S/C42H66N4O5/c1-4-6-7-8-9-10-11-12-13-14-15-16-17-18-19-24-29-43-41(48)50-34-39-31-40(46(39)32-37-26-21-20-22-27-37)35-51-42(49)45(36(3)47)33-38-28-23-25-30-44(38)5-2/h20-23,25-28,30,39-40H,4-19,24,29,31-35H2,1-3H3/p+1. The van der Waals surface area contributed by atoms with Crippen molar-refractivity contribution >= 4 is 18.1 Å². The molecule has 9 heteroatoms. The summed E-state index contributed by atoms with van der Waals surface area (Å²) in [6.07, 6.45) is 22.8. The van der Waals surface area contributed by atoms with Crippen molar-refractivity contribution < 1.29 is 28.4 Å². The Morgan fingerprint density at radius 1 is 0.745 bits per heavy atom. The van der Waals surface area contributed by atoms with Gasteiger partial charge in [-0.15, -0.1) is 0 Å². The number of hydrogen-bond donors (Lipinski definition) is 1. The maximum Gasteiger partial charge on any atom is 0.417 e. The molecule has 9 nitrogen and oxygen atoms in total. The van der Waals surface area contributed by atoms with Gasteiger partial charge in [0, 0.05) is 44.2 Å². The van der Waals surface area contributed by atoms with Crippen LogP contribution in [0.3, 0.4) is 0 Å². The first-order valence-corrected chi connectivity index (χ1v) is 20.0. The highest BCUT2D eigenvalue weighted by atomic mass is 16.6. The highest BCUT2D eigenvalue weighted by Gasteiger charge is 2.40. The first-order chi connectivity index (χ1) is 24.9. The predicted octanol–water partition coefficient (Wildman–Crippen LogP) is 9.11. The third kappa shape index (κ3) is 16.6. The van der Waals surface area contributed by atoms with Gasteiger partial charge in [0.2, 0.25) is 11.6 Å². The Labute approximate surface area is 308 Å². The van der Waals surface area contributed by atoms with E-state index in [-0.39, 0.29) is 43.8 Å². The lowest BCUT2D eigenvalue weighted by Gasteiger charge is -2.48. The Morgan fingerprint density at radius 2 is 1.29 bits per heavy atom. The van der Waals surface area contributed by atoms with Crippen LogP contribution in [0.15, 0.2) is 54.7 Å². The number of alkyl carbamates (subject to hydrolysis) is 1. The second-order valence-corrected chi connectivity index (χ2v) is 14.2. The fraction of sp³-hybridized carbons (Fsp3) is 0.667. The van der Waals surface area contributed by atoms with Crippen LogP contribution >= 0.6 is 0 Å². The molecule has 284 valence electrons. The van der Waals surface area contributed by atoms with Gasteiger partial charge in [0.1, 0.15) is 26.3 Å². The van der Waals surface area contributed by atoms with Crippen molar-refractivity contribution in [1.29, 1.82) is 0 Å². The number of amides is 3. The van der Waals surface area contributed by atoms with E-state index < -0.39 is 6.09 Å². The highest BCUT2D eigenvalue weighted by Crippen LogP contribution is 2.29. The minimum absolute atomic E-state index is 0.0203. The van der Waals surface area contributed by atoms with E-state index >= 15 is 0 Å². The molecular weight excluding hydrogens is 640 g/mol. The number of carbonyl (C=O) groups is 3. The molecule has 2 atom stereocenters. The van der Waals surface area contributed by atoms with Gasteiger partial charge in [-0.2, -0.15) is 0 Å². The van der Waals surface area contributed by atoms with Gasteiger partial charge in [0.05, 0.1) is 0 Å². The van der Waals surface area contributed by atoms with Crippen molar-refractivity contribution in [3.8, 4) is 0 Å². The molecule has 1 aromatic heterocycles. The van der Waals surface area contributed by atoms with Crippen LogP contribution in [0.5, 0.6) is 0 Å². The fourth-order valence-electron chi connectivity index (χ4n) is 6.89. The molecule has 1 aromatic carbocycles. The Hall–Kier alpha value is -3.46. The molecular formula is C42H67N4O5+. The van der Waals surface area contributed by atoms with E-state index in [1.807, 2.05) is 54.1 Å². The number of nitrogens with one attached hydrogen (secondary N) is 1. The lowest BCUT2D eigenvalue weighted by Crippen LogP contribution is -2.59. The number of rotatable bonds is 26. The Kier molecular flexibility index (Phi) is 21.0. The van der Waals surface area contributed by atoms with Crippen molar-refractivity contribution in [2.75, 3.05) is 19.8 Å². The number of carbonyl (C=O) groups excluding carboxylic acids is 3. The Morgan fingerprint density at radius 3 is 1.86 bits per heavy atom. The number of benzene rings is 1. The first-order valence-electron chi connectivity index (χ1n) is 20.0. The van der Waals surface area contributed by atoms with Gasteiger partial charge in [-0.05, 0) is 25.3 Å². The first kappa shape index (κ1) is 42.0. The summed E-state index contributed by atoms with van der Waals surface area (Å²) < 4.78 is 13.3. The summed E-state index contributed by atoms with van der Waals surface area (Å²) >= 11 is 0. The van der Waals surface area contributed by atoms with E-state index in [9.17, 15) is 14.4 Å². The topological polar surface area (TPSA) is 92.1 Å². The van der Waals surface area contributed by atoms with Crippen LogP contribution in [0.25, 0.3) is 0 Å². The van der Waals surface area contributed by atoms with Gasteiger partial charge in [-0.25, -0.2) is 19.1 Å².